The van der Waals surface area contributed by atoms with Crippen molar-refractivity contribution in [3.63, 3.8) is 0 Å². The normalized spacial score (nSPS) is 9.94. The molecule has 0 radical (unpaired) electrons. The Bertz CT molecular complexity index is 396. The Hall–Kier alpha value is -1.79. The van der Waals surface area contributed by atoms with E-state index >= 15 is 0 Å². The smallest absolute Gasteiger partial charge is 0.260 e. The van der Waals surface area contributed by atoms with Gasteiger partial charge in [0, 0.05) is 7.05 Å². The van der Waals surface area contributed by atoms with E-state index in [1.165, 1.54) is 0 Å². The van der Waals surface area contributed by atoms with Gasteiger partial charge < -0.3 is 14.2 Å². The molecule has 0 unspecified atom stereocenters. The lowest BCUT2D eigenvalue weighted by Gasteiger charge is -2.10. The molecule has 0 fully saturated rings. The monoisotopic (exact) mass is 254 g/mol. The third kappa shape index (κ3) is 4.23. The van der Waals surface area contributed by atoms with E-state index in [2.05, 4.69) is 10.9 Å². The maximum absolute atomic E-state index is 11.1. The van der Waals surface area contributed by atoms with Gasteiger partial charge in [-0.15, -0.1) is 0 Å². The summed E-state index contributed by atoms with van der Waals surface area (Å²) in [4.78, 5) is 11.1. The zero-order chi connectivity index (χ0) is 13.4. The average molecular weight is 254 g/mol. The van der Waals surface area contributed by atoms with Gasteiger partial charge in [0.15, 0.2) is 11.5 Å². The summed E-state index contributed by atoms with van der Waals surface area (Å²) in [5.41, 5.74) is 5.85. The van der Waals surface area contributed by atoms with Gasteiger partial charge in [-0.05, 0) is 17.7 Å². The van der Waals surface area contributed by atoms with Crippen molar-refractivity contribution in [3.05, 3.63) is 23.8 Å². The molecule has 0 heterocycles. The van der Waals surface area contributed by atoms with Gasteiger partial charge in [0.05, 0.1) is 20.8 Å². The summed E-state index contributed by atoms with van der Waals surface area (Å²) in [6.45, 7) is 0.326. The fourth-order valence-electron chi connectivity index (χ4n) is 1.41. The van der Waals surface area contributed by atoms with Crippen LogP contribution in [0.3, 0.4) is 0 Å². The van der Waals surface area contributed by atoms with Crippen LogP contribution in [0.2, 0.25) is 0 Å². The van der Waals surface area contributed by atoms with Gasteiger partial charge in [-0.2, -0.15) is 0 Å². The number of carbonyl (C=O) groups is 1. The van der Waals surface area contributed by atoms with Crippen molar-refractivity contribution in [1.82, 2.24) is 10.9 Å². The molecule has 1 amide bonds. The number of hydrazine groups is 1. The Labute approximate surface area is 106 Å². The summed E-state index contributed by atoms with van der Waals surface area (Å²) < 4.78 is 15.6. The summed E-state index contributed by atoms with van der Waals surface area (Å²) in [6, 6.07) is 5.47. The number of ether oxygens (including phenoxy) is 3. The number of hydrogen-bond acceptors (Lipinski definition) is 5. The molecule has 0 saturated carbocycles. The number of hydrogen-bond donors (Lipinski definition) is 2. The molecule has 1 aromatic carbocycles. The first kappa shape index (κ1) is 14.3. The van der Waals surface area contributed by atoms with Crippen LogP contribution in [0.5, 0.6) is 11.5 Å². The number of benzene rings is 1. The van der Waals surface area contributed by atoms with E-state index in [9.17, 15) is 4.79 Å². The van der Waals surface area contributed by atoms with Crippen molar-refractivity contribution < 1.29 is 19.0 Å². The van der Waals surface area contributed by atoms with E-state index in [4.69, 9.17) is 14.2 Å². The summed E-state index contributed by atoms with van der Waals surface area (Å²) in [5, 5.41) is 0. The average Bonchev–Trinajstić information content (AvgIpc) is 2.38. The summed E-state index contributed by atoms with van der Waals surface area (Å²) in [6.07, 6.45) is 0. The Morgan fingerprint density at radius 3 is 2.56 bits per heavy atom. The molecule has 6 heteroatoms. The summed E-state index contributed by atoms with van der Waals surface area (Å²) in [7, 11) is 4.77. The second-order valence-corrected chi connectivity index (χ2v) is 3.48. The number of nitrogens with one attached hydrogen (secondary N) is 2. The van der Waals surface area contributed by atoms with Crippen molar-refractivity contribution in [2.24, 2.45) is 0 Å². The second kappa shape index (κ2) is 7.52. The van der Waals surface area contributed by atoms with Crippen molar-refractivity contribution in [1.29, 1.82) is 0 Å². The zero-order valence-corrected chi connectivity index (χ0v) is 10.8. The Balaban J connectivity index is 2.50. The number of rotatable bonds is 7. The lowest BCUT2D eigenvalue weighted by atomic mass is 10.2. The Kier molecular flexibility index (Phi) is 5.96. The molecule has 0 atom stereocenters. The van der Waals surface area contributed by atoms with Gasteiger partial charge in [-0.25, -0.2) is 5.43 Å². The molecule has 100 valence electrons. The maximum Gasteiger partial charge on any atom is 0.260 e. The van der Waals surface area contributed by atoms with Crippen molar-refractivity contribution in [2.75, 3.05) is 27.9 Å². The molecular formula is C12H18N2O4. The number of amides is 1. The molecule has 1 rings (SSSR count). The molecule has 0 saturated heterocycles. The molecule has 0 aliphatic rings. The van der Waals surface area contributed by atoms with Crippen LogP contribution in [0.4, 0.5) is 0 Å². The fourth-order valence-corrected chi connectivity index (χ4v) is 1.41. The first-order valence-corrected chi connectivity index (χ1v) is 5.45. The van der Waals surface area contributed by atoms with Gasteiger partial charge in [0.25, 0.3) is 5.91 Å². The third-order valence-electron chi connectivity index (χ3n) is 2.21. The highest BCUT2D eigenvalue weighted by molar-refractivity contribution is 5.76. The molecule has 0 spiro atoms. The van der Waals surface area contributed by atoms with Gasteiger partial charge in [0.2, 0.25) is 0 Å². The van der Waals surface area contributed by atoms with E-state index in [1.807, 2.05) is 12.1 Å². The molecule has 18 heavy (non-hydrogen) atoms. The maximum atomic E-state index is 11.1. The Morgan fingerprint density at radius 1 is 1.22 bits per heavy atom. The van der Waals surface area contributed by atoms with Crippen LogP contribution in [0.25, 0.3) is 0 Å². The van der Waals surface area contributed by atoms with Crippen molar-refractivity contribution in [3.8, 4) is 11.5 Å². The van der Waals surface area contributed by atoms with E-state index in [-0.39, 0.29) is 12.5 Å². The lowest BCUT2D eigenvalue weighted by Crippen LogP contribution is -2.36. The highest BCUT2D eigenvalue weighted by atomic mass is 16.5. The van der Waals surface area contributed by atoms with Crippen LogP contribution >= 0.6 is 0 Å². The van der Waals surface area contributed by atoms with E-state index in [0.29, 0.717) is 18.1 Å². The standard InChI is InChI=1S/C12H18N2O4/c1-13-14-12(15)8-18-7-9-4-5-10(16-2)11(6-9)17-3/h4-6,13H,7-8H2,1-3H3,(H,14,15). The molecule has 0 aromatic heterocycles. The Morgan fingerprint density at radius 2 is 1.94 bits per heavy atom. The van der Waals surface area contributed by atoms with Gasteiger partial charge in [0.1, 0.15) is 6.61 Å². The first-order chi connectivity index (χ1) is 8.71. The van der Waals surface area contributed by atoms with Crippen LogP contribution in [-0.4, -0.2) is 33.8 Å². The van der Waals surface area contributed by atoms with Crippen LogP contribution < -0.4 is 20.3 Å². The molecule has 0 aliphatic heterocycles. The molecule has 0 aliphatic carbocycles. The molecular weight excluding hydrogens is 236 g/mol. The molecule has 0 bridgehead atoms. The minimum absolute atomic E-state index is 0.00478. The van der Waals surface area contributed by atoms with Gasteiger partial charge in [-0.3, -0.25) is 10.2 Å². The van der Waals surface area contributed by atoms with Gasteiger partial charge >= 0.3 is 0 Å². The van der Waals surface area contributed by atoms with E-state index in [1.54, 1.807) is 27.3 Å². The summed E-state index contributed by atoms with van der Waals surface area (Å²) in [5.74, 6) is 1.07. The second-order valence-electron chi connectivity index (χ2n) is 3.48. The topological polar surface area (TPSA) is 68.8 Å². The van der Waals surface area contributed by atoms with Crippen LogP contribution in [0, 0.1) is 0 Å². The fraction of sp³-hybridized carbons (Fsp3) is 0.417. The summed E-state index contributed by atoms with van der Waals surface area (Å²) >= 11 is 0. The highest BCUT2D eigenvalue weighted by Crippen LogP contribution is 2.27. The van der Waals surface area contributed by atoms with Crippen LogP contribution in [0.15, 0.2) is 18.2 Å². The zero-order valence-electron chi connectivity index (χ0n) is 10.8. The lowest BCUT2D eigenvalue weighted by molar-refractivity contribution is -0.126. The predicted octanol–water partition coefficient (Wildman–Crippen LogP) is 0.471. The van der Waals surface area contributed by atoms with Crippen LogP contribution in [-0.2, 0) is 16.1 Å². The van der Waals surface area contributed by atoms with Crippen molar-refractivity contribution in [2.45, 2.75) is 6.61 Å². The molecule has 6 nitrogen and oxygen atoms in total. The minimum atomic E-state index is -0.224. The van der Waals surface area contributed by atoms with Crippen LogP contribution in [0.1, 0.15) is 5.56 Å². The first-order valence-electron chi connectivity index (χ1n) is 5.45. The quantitative estimate of drug-likeness (QED) is 0.692. The van der Waals surface area contributed by atoms with Crippen molar-refractivity contribution >= 4 is 5.91 Å². The number of methoxy groups -OCH3 is 2. The minimum Gasteiger partial charge on any atom is -0.493 e. The molecule has 2 N–H and O–H groups in total. The molecule has 1 aromatic rings. The number of carbonyl (C=O) groups excluding carboxylic acids is 1. The van der Waals surface area contributed by atoms with E-state index in [0.717, 1.165) is 5.56 Å². The largest absolute Gasteiger partial charge is 0.493 e. The predicted molar refractivity (Wildman–Crippen MR) is 66.4 cm³/mol. The highest BCUT2D eigenvalue weighted by Gasteiger charge is 2.05. The third-order valence-corrected chi connectivity index (χ3v) is 2.21. The van der Waals surface area contributed by atoms with E-state index < -0.39 is 0 Å². The van der Waals surface area contributed by atoms with Gasteiger partial charge in [-0.1, -0.05) is 6.07 Å². The SMILES string of the molecule is CNNC(=O)COCc1ccc(OC)c(OC)c1.